The highest BCUT2D eigenvalue weighted by Gasteiger charge is 2.20. The first kappa shape index (κ1) is 14.9. The Labute approximate surface area is 128 Å². The maximum Gasteiger partial charge on any atom is 0.119 e. The molecule has 0 amide bonds. The molecule has 2 heteroatoms. The SMILES string of the molecule is c1cc(C2CCCCC2)ccc1OCCCCCC1CO1. The van der Waals surface area contributed by atoms with E-state index in [-0.39, 0.29) is 0 Å². The number of hydrogen-bond acceptors (Lipinski definition) is 2. The molecular weight excluding hydrogens is 260 g/mol. The van der Waals surface area contributed by atoms with Crippen molar-refractivity contribution in [1.82, 2.24) is 0 Å². The Morgan fingerprint density at radius 2 is 1.71 bits per heavy atom. The van der Waals surface area contributed by atoms with Crippen molar-refractivity contribution in [2.75, 3.05) is 13.2 Å². The van der Waals surface area contributed by atoms with Crippen molar-refractivity contribution in [2.24, 2.45) is 0 Å². The molecule has 1 aromatic carbocycles. The van der Waals surface area contributed by atoms with Crippen LogP contribution in [0.4, 0.5) is 0 Å². The van der Waals surface area contributed by atoms with E-state index in [9.17, 15) is 0 Å². The standard InChI is InChI=1S/C19H28O2/c1-3-7-16(8-4-1)17-10-12-18(13-11-17)20-14-6-2-5-9-19-15-21-19/h10-13,16,19H,1-9,14-15H2. The molecule has 3 rings (SSSR count). The summed E-state index contributed by atoms with van der Waals surface area (Å²) in [6.45, 7) is 1.83. The molecule has 0 radical (unpaired) electrons. The van der Waals surface area contributed by atoms with E-state index in [2.05, 4.69) is 24.3 Å². The van der Waals surface area contributed by atoms with Crippen LogP contribution in [0.25, 0.3) is 0 Å². The van der Waals surface area contributed by atoms with Crippen LogP contribution >= 0.6 is 0 Å². The minimum Gasteiger partial charge on any atom is -0.494 e. The first-order valence-corrected chi connectivity index (χ1v) is 8.76. The smallest absolute Gasteiger partial charge is 0.119 e. The second kappa shape index (κ2) is 7.84. The first-order chi connectivity index (χ1) is 10.4. The topological polar surface area (TPSA) is 21.8 Å². The molecule has 21 heavy (non-hydrogen) atoms. The van der Waals surface area contributed by atoms with E-state index in [1.807, 2.05) is 0 Å². The summed E-state index contributed by atoms with van der Waals surface area (Å²) < 4.78 is 11.1. The zero-order valence-electron chi connectivity index (χ0n) is 13.1. The summed E-state index contributed by atoms with van der Waals surface area (Å²) in [5, 5.41) is 0. The van der Waals surface area contributed by atoms with E-state index >= 15 is 0 Å². The van der Waals surface area contributed by atoms with E-state index < -0.39 is 0 Å². The molecule has 1 unspecified atom stereocenters. The average molecular weight is 288 g/mol. The Bertz CT molecular complexity index is 402. The third-order valence-corrected chi connectivity index (χ3v) is 4.80. The quantitative estimate of drug-likeness (QED) is 0.492. The second-order valence-corrected chi connectivity index (χ2v) is 6.56. The lowest BCUT2D eigenvalue weighted by Gasteiger charge is -2.22. The van der Waals surface area contributed by atoms with Crippen molar-refractivity contribution in [3.05, 3.63) is 29.8 Å². The Hall–Kier alpha value is -1.02. The largest absolute Gasteiger partial charge is 0.494 e. The highest BCUT2D eigenvalue weighted by atomic mass is 16.6. The zero-order valence-corrected chi connectivity index (χ0v) is 13.1. The van der Waals surface area contributed by atoms with E-state index in [0.717, 1.165) is 31.3 Å². The summed E-state index contributed by atoms with van der Waals surface area (Å²) in [5.41, 5.74) is 1.51. The van der Waals surface area contributed by atoms with Gasteiger partial charge in [-0.15, -0.1) is 0 Å². The maximum atomic E-state index is 5.84. The fourth-order valence-electron chi connectivity index (χ4n) is 3.35. The van der Waals surface area contributed by atoms with Gasteiger partial charge in [-0.25, -0.2) is 0 Å². The molecule has 116 valence electrons. The van der Waals surface area contributed by atoms with Crippen LogP contribution < -0.4 is 4.74 Å². The molecule has 2 aliphatic rings. The predicted molar refractivity (Wildman–Crippen MR) is 86.0 cm³/mol. The maximum absolute atomic E-state index is 5.84. The number of benzene rings is 1. The third kappa shape index (κ3) is 5.03. The average Bonchev–Trinajstić information content (AvgIpc) is 3.36. The van der Waals surface area contributed by atoms with Crippen LogP contribution in [0.1, 0.15) is 69.3 Å². The number of rotatable bonds is 8. The van der Waals surface area contributed by atoms with Crippen molar-refractivity contribution in [2.45, 2.75) is 69.8 Å². The van der Waals surface area contributed by atoms with Crippen molar-refractivity contribution in [1.29, 1.82) is 0 Å². The van der Waals surface area contributed by atoms with E-state index in [1.54, 1.807) is 0 Å². The molecule has 0 spiro atoms. The van der Waals surface area contributed by atoms with Gasteiger partial charge in [-0.05, 0) is 55.7 Å². The summed E-state index contributed by atoms with van der Waals surface area (Å²) in [4.78, 5) is 0. The first-order valence-electron chi connectivity index (χ1n) is 8.76. The molecule has 1 saturated carbocycles. The van der Waals surface area contributed by atoms with Crippen LogP contribution in [0.15, 0.2) is 24.3 Å². The molecule has 0 aromatic heterocycles. The van der Waals surface area contributed by atoms with Crippen LogP contribution in [0.5, 0.6) is 5.75 Å². The molecule has 2 nitrogen and oxygen atoms in total. The summed E-state index contributed by atoms with van der Waals surface area (Å²) in [7, 11) is 0. The Morgan fingerprint density at radius 3 is 2.43 bits per heavy atom. The third-order valence-electron chi connectivity index (χ3n) is 4.80. The van der Waals surface area contributed by atoms with Gasteiger partial charge in [0.05, 0.1) is 19.3 Å². The lowest BCUT2D eigenvalue weighted by molar-refractivity contribution is 0.302. The van der Waals surface area contributed by atoms with Crippen molar-refractivity contribution < 1.29 is 9.47 Å². The summed E-state index contributed by atoms with van der Waals surface area (Å²) in [5.74, 6) is 1.82. The highest BCUT2D eigenvalue weighted by molar-refractivity contribution is 5.29. The van der Waals surface area contributed by atoms with E-state index in [0.29, 0.717) is 6.10 Å². The number of unbranched alkanes of at least 4 members (excludes halogenated alkanes) is 2. The summed E-state index contributed by atoms with van der Waals surface area (Å²) >= 11 is 0. The van der Waals surface area contributed by atoms with Crippen LogP contribution in [0.3, 0.4) is 0 Å². The van der Waals surface area contributed by atoms with Gasteiger partial charge in [-0.1, -0.05) is 37.8 Å². The second-order valence-electron chi connectivity index (χ2n) is 6.56. The normalized spacial score (nSPS) is 22.2. The Morgan fingerprint density at radius 1 is 0.952 bits per heavy atom. The molecule has 1 saturated heterocycles. The Kier molecular flexibility index (Phi) is 5.56. The highest BCUT2D eigenvalue weighted by Crippen LogP contribution is 2.33. The van der Waals surface area contributed by atoms with Gasteiger partial charge in [-0.2, -0.15) is 0 Å². The molecule has 0 N–H and O–H groups in total. The monoisotopic (exact) mass is 288 g/mol. The molecule has 1 aliphatic heterocycles. The van der Waals surface area contributed by atoms with Gasteiger partial charge >= 0.3 is 0 Å². The van der Waals surface area contributed by atoms with Crippen LogP contribution in [0.2, 0.25) is 0 Å². The van der Waals surface area contributed by atoms with Gasteiger partial charge in [0.1, 0.15) is 5.75 Å². The van der Waals surface area contributed by atoms with Gasteiger partial charge in [0.15, 0.2) is 0 Å². The minimum absolute atomic E-state index is 0.582. The fourth-order valence-corrected chi connectivity index (χ4v) is 3.35. The molecule has 1 aromatic rings. The van der Waals surface area contributed by atoms with Crippen molar-refractivity contribution >= 4 is 0 Å². The van der Waals surface area contributed by atoms with Gasteiger partial charge < -0.3 is 9.47 Å². The van der Waals surface area contributed by atoms with Crippen molar-refractivity contribution in [3.63, 3.8) is 0 Å². The fraction of sp³-hybridized carbons (Fsp3) is 0.684. The van der Waals surface area contributed by atoms with E-state index in [4.69, 9.17) is 9.47 Å². The minimum atomic E-state index is 0.582. The number of ether oxygens (including phenoxy) is 2. The van der Waals surface area contributed by atoms with Crippen molar-refractivity contribution in [3.8, 4) is 5.75 Å². The van der Waals surface area contributed by atoms with Crippen LogP contribution in [0, 0.1) is 0 Å². The lowest BCUT2D eigenvalue weighted by Crippen LogP contribution is -2.04. The van der Waals surface area contributed by atoms with Crippen LogP contribution in [-0.4, -0.2) is 19.3 Å². The van der Waals surface area contributed by atoms with Gasteiger partial charge in [-0.3, -0.25) is 0 Å². The molecule has 0 bridgehead atoms. The molecule has 1 atom stereocenters. The lowest BCUT2D eigenvalue weighted by atomic mass is 9.84. The van der Waals surface area contributed by atoms with Gasteiger partial charge in [0.25, 0.3) is 0 Å². The summed E-state index contributed by atoms with van der Waals surface area (Å²) in [6.07, 6.45) is 12.4. The molecule has 2 fully saturated rings. The zero-order chi connectivity index (χ0) is 14.3. The molecule has 1 aliphatic carbocycles. The number of hydrogen-bond donors (Lipinski definition) is 0. The Balaban J connectivity index is 1.33. The van der Waals surface area contributed by atoms with Crippen LogP contribution in [-0.2, 0) is 4.74 Å². The molecular formula is C19H28O2. The molecule has 1 heterocycles. The van der Waals surface area contributed by atoms with Gasteiger partial charge in [0, 0.05) is 0 Å². The number of epoxide rings is 1. The summed E-state index contributed by atoms with van der Waals surface area (Å²) in [6, 6.07) is 8.86. The predicted octanol–water partition coefficient (Wildman–Crippen LogP) is 5.07. The van der Waals surface area contributed by atoms with E-state index in [1.165, 1.54) is 56.9 Å². The van der Waals surface area contributed by atoms with Gasteiger partial charge in [0.2, 0.25) is 0 Å².